The smallest absolute Gasteiger partial charge is 0.248 e. The van der Waals surface area contributed by atoms with Crippen LogP contribution in [0.4, 0.5) is 0 Å². The number of likely N-dealkylation sites (N-methyl/N-ethyl adjacent to an activating group) is 6. The molecular weight excluding hydrogens is 1390 g/mol. The Balaban J connectivity index is 2.00. The zero-order chi connectivity index (χ0) is 80.6. The Hall–Kier alpha value is -7.75. The number of benzene rings is 2. The van der Waals surface area contributed by atoms with Crippen LogP contribution in [0.2, 0.25) is 5.02 Å². The van der Waals surface area contributed by atoms with Gasteiger partial charge in [0, 0.05) is 99.9 Å². The zero-order valence-electron chi connectivity index (χ0n) is 67.3. The van der Waals surface area contributed by atoms with Crippen LogP contribution in [0.5, 0.6) is 0 Å². The average Bonchev–Trinajstić information content (AvgIpc) is 0.813. The minimum absolute atomic E-state index is 0.0287. The molecule has 2 unspecified atom stereocenters. The summed E-state index contributed by atoms with van der Waals surface area (Å²) in [5, 5.41) is 33.9. The standard InChI is InChI=1S/C79H127ClN12O15/c1-21-52(10)66-77(104)90(19)63(44-54-30-24-22-25-31-54)76(103)88(17)61(45-55-32-28-33-56(80)43-55)70(97)82-58(47-107-39-35-79(12,13)106)73(100)86(15)60(41-49(4)5)71(98)84-67(53(11)93)78(105)89(18)62(42-50(6)7)75(102)87(16)59(40-48(2)3)69(96)81-57(74(101)92-37-26-23-27-38-92)46-65(95)85(14)36-29-34-64(94)91(20)68(51(8)9)72(99)83-66/h22,24-25,28,30-33,43,48-53,57-63,66-68,93,106H,21,23,26-27,29,34-42,44-47H2,1-20H3,(H,81,96)(H,82,97)(H,83,99)(H,84,98)/t52-,53?,57-,58-,59-,60-,61-,62-,63-,66-,67-,68?/m0/s1. The van der Waals surface area contributed by atoms with Crippen molar-refractivity contribution in [3.8, 4) is 0 Å². The van der Waals surface area contributed by atoms with Gasteiger partial charge in [-0.1, -0.05) is 130 Å². The second-order valence-electron chi connectivity index (χ2n) is 31.8. The Bertz CT molecular complexity index is 3310. The van der Waals surface area contributed by atoms with E-state index in [0.717, 1.165) is 16.2 Å². The third kappa shape index (κ3) is 27.4. The number of likely N-dealkylation sites (tertiary alicyclic amines) is 1. The van der Waals surface area contributed by atoms with E-state index in [1.54, 1.807) is 108 Å². The van der Waals surface area contributed by atoms with E-state index in [4.69, 9.17) is 16.3 Å². The van der Waals surface area contributed by atoms with Crippen molar-refractivity contribution < 1.29 is 72.5 Å². The molecule has 12 atom stereocenters. The highest BCUT2D eigenvalue weighted by Crippen LogP contribution is 2.26. The van der Waals surface area contributed by atoms with E-state index < -0.39 is 168 Å². The van der Waals surface area contributed by atoms with E-state index >= 15 is 38.4 Å². The van der Waals surface area contributed by atoms with Crippen molar-refractivity contribution in [3.05, 3.63) is 70.7 Å². The summed E-state index contributed by atoms with van der Waals surface area (Å²) in [5.74, 6) is -10.2. The predicted octanol–water partition coefficient (Wildman–Crippen LogP) is 5.08. The minimum atomic E-state index is -1.73. The molecule has 4 rings (SSSR count). The lowest BCUT2D eigenvalue weighted by Crippen LogP contribution is -2.63. The highest BCUT2D eigenvalue weighted by molar-refractivity contribution is 6.30. The van der Waals surface area contributed by atoms with Crippen LogP contribution in [0, 0.1) is 29.6 Å². The van der Waals surface area contributed by atoms with E-state index in [-0.39, 0.29) is 82.3 Å². The fourth-order valence-electron chi connectivity index (χ4n) is 13.6. The molecule has 6 N–H and O–H groups in total. The molecule has 107 heavy (non-hydrogen) atoms. The molecule has 2 aliphatic heterocycles. The van der Waals surface area contributed by atoms with Gasteiger partial charge in [0.2, 0.25) is 70.9 Å². The number of amides is 12. The molecule has 0 radical (unpaired) electrons. The number of halogens is 1. The van der Waals surface area contributed by atoms with Crippen LogP contribution in [0.1, 0.15) is 172 Å². The third-order valence-electron chi connectivity index (χ3n) is 20.5. The molecule has 2 saturated heterocycles. The number of nitrogens with one attached hydrogen (secondary N) is 4. The van der Waals surface area contributed by atoms with E-state index in [2.05, 4.69) is 21.3 Å². The molecule has 2 aromatic carbocycles. The topological polar surface area (TPSA) is 329 Å². The molecule has 0 saturated carbocycles. The number of hydrogen-bond donors (Lipinski definition) is 6. The molecule has 0 aromatic heterocycles. The largest absolute Gasteiger partial charge is 0.391 e. The van der Waals surface area contributed by atoms with Crippen LogP contribution in [0.15, 0.2) is 54.6 Å². The fourth-order valence-corrected chi connectivity index (χ4v) is 13.8. The summed E-state index contributed by atoms with van der Waals surface area (Å²) in [6.45, 7) is 22.7. The Morgan fingerprint density at radius 1 is 0.542 bits per heavy atom. The summed E-state index contributed by atoms with van der Waals surface area (Å²) < 4.78 is 6.07. The quantitative estimate of drug-likeness (QED) is 0.0942. The maximum atomic E-state index is 15.8. The lowest BCUT2D eigenvalue weighted by atomic mass is 9.94. The molecule has 0 aliphatic carbocycles. The van der Waals surface area contributed by atoms with Gasteiger partial charge in [0.05, 0.1) is 24.7 Å². The molecule has 12 amide bonds. The molecule has 2 heterocycles. The summed E-state index contributed by atoms with van der Waals surface area (Å²) >= 11 is 6.56. The van der Waals surface area contributed by atoms with Gasteiger partial charge in [-0.3, -0.25) is 57.5 Å². The number of nitrogens with zero attached hydrogens (tertiary/aromatic N) is 8. The lowest BCUT2D eigenvalue weighted by Gasteiger charge is -2.38. The number of carbonyl (C=O) groups excluding carboxylic acids is 12. The summed E-state index contributed by atoms with van der Waals surface area (Å²) in [7, 11) is 9.95. The van der Waals surface area contributed by atoms with Crippen LogP contribution < -0.4 is 21.3 Å². The molecule has 28 heteroatoms. The average molecular weight is 1520 g/mol. The first-order valence-electron chi connectivity index (χ1n) is 38.1. The van der Waals surface area contributed by atoms with Crippen molar-refractivity contribution in [1.82, 2.24) is 60.5 Å². The van der Waals surface area contributed by atoms with Crippen LogP contribution in [0.3, 0.4) is 0 Å². The van der Waals surface area contributed by atoms with Gasteiger partial charge in [0.15, 0.2) is 0 Å². The van der Waals surface area contributed by atoms with Crippen LogP contribution in [0.25, 0.3) is 0 Å². The van der Waals surface area contributed by atoms with Crippen molar-refractivity contribution in [3.63, 3.8) is 0 Å². The second-order valence-corrected chi connectivity index (χ2v) is 32.2. The van der Waals surface area contributed by atoms with Gasteiger partial charge in [0.25, 0.3) is 0 Å². The predicted molar refractivity (Wildman–Crippen MR) is 410 cm³/mol. The maximum Gasteiger partial charge on any atom is 0.248 e. The van der Waals surface area contributed by atoms with Gasteiger partial charge >= 0.3 is 0 Å². The first-order valence-corrected chi connectivity index (χ1v) is 38.5. The van der Waals surface area contributed by atoms with Crippen molar-refractivity contribution in [2.75, 3.05) is 82.2 Å². The summed E-state index contributed by atoms with van der Waals surface area (Å²) in [6, 6.07) is 1.61. The van der Waals surface area contributed by atoms with E-state index in [9.17, 15) is 29.4 Å². The summed E-state index contributed by atoms with van der Waals surface area (Å²) in [6.07, 6.45) is 0.490. The number of piperidine rings is 1. The normalized spacial score (nSPS) is 24.9. The molecule has 2 aromatic rings. The van der Waals surface area contributed by atoms with Gasteiger partial charge in [-0.2, -0.15) is 0 Å². The summed E-state index contributed by atoms with van der Waals surface area (Å²) in [5.41, 5.74) is -0.0821. The fraction of sp³-hybridized carbons (Fsp3) is 0.696. The van der Waals surface area contributed by atoms with Gasteiger partial charge in [-0.15, -0.1) is 0 Å². The van der Waals surface area contributed by atoms with Gasteiger partial charge in [-0.05, 0) is 125 Å². The number of hydrogen-bond acceptors (Lipinski definition) is 15. The Morgan fingerprint density at radius 3 is 1.57 bits per heavy atom. The highest BCUT2D eigenvalue weighted by atomic mass is 35.5. The third-order valence-corrected chi connectivity index (χ3v) is 20.7. The van der Waals surface area contributed by atoms with Gasteiger partial charge < -0.3 is 75.4 Å². The number of rotatable bonds is 20. The number of aliphatic hydroxyl groups excluding tert-OH is 1. The van der Waals surface area contributed by atoms with Crippen molar-refractivity contribution in [1.29, 1.82) is 0 Å². The zero-order valence-corrected chi connectivity index (χ0v) is 68.1. The molecule has 0 spiro atoms. The lowest BCUT2D eigenvalue weighted by molar-refractivity contribution is -0.152. The minimum Gasteiger partial charge on any atom is -0.391 e. The van der Waals surface area contributed by atoms with E-state index in [0.29, 0.717) is 48.5 Å². The number of aliphatic hydroxyl groups is 2. The number of carbonyl (C=O) groups is 12. The highest BCUT2D eigenvalue weighted by Gasteiger charge is 2.45. The van der Waals surface area contributed by atoms with E-state index in [1.807, 2.05) is 34.6 Å². The maximum absolute atomic E-state index is 15.8. The van der Waals surface area contributed by atoms with Crippen LogP contribution >= 0.6 is 11.6 Å². The van der Waals surface area contributed by atoms with Crippen molar-refractivity contribution in [2.24, 2.45) is 29.6 Å². The number of ether oxygens (including phenoxy) is 1. The molecule has 600 valence electrons. The van der Waals surface area contributed by atoms with Crippen molar-refractivity contribution in [2.45, 2.75) is 246 Å². The first-order chi connectivity index (χ1) is 50.0. The Morgan fingerprint density at radius 2 is 1.03 bits per heavy atom. The van der Waals surface area contributed by atoms with E-state index in [1.165, 1.54) is 80.8 Å². The SMILES string of the molecule is CC[C@H](C)[C@@H]1NC(=O)C(C(C)C)N(C)C(=O)CCCN(C)C(=O)C[C@@H](C(=O)N2CCCCC2)NC(=O)[C@H](CC(C)C)N(C)C(=O)[C@H](CC(C)C)N(C)C(=O)[C@H](C(C)O)NC(=O)[C@H](CC(C)C)N(C)C(=O)[C@H](COCCC(C)(C)O)NC(=O)[C@H](Cc2cccc(Cl)c2)N(C)C(=O)[C@H](Cc2ccccc2)N(C)C1=O. The summed E-state index contributed by atoms with van der Waals surface area (Å²) in [4.78, 5) is 191. The molecule has 0 bridgehead atoms. The van der Waals surface area contributed by atoms with Crippen LogP contribution in [-0.2, 0) is 75.1 Å². The van der Waals surface area contributed by atoms with Gasteiger partial charge in [0.1, 0.15) is 60.4 Å². The van der Waals surface area contributed by atoms with Crippen LogP contribution in [-0.4, -0.2) is 275 Å². The second kappa shape index (κ2) is 42.9. The molecule has 2 fully saturated rings. The monoisotopic (exact) mass is 1520 g/mol. The van der Waals surface area contributed by atoms with Gasteiger partial charge in [-0.25, -0.2) is 0 Å². The van der Waals surface area contributed by atoms with Crippen molar-refractivity contribution >= 4 is 82.5 Å². The Labute approximate surface area is 640 Å². The Kier molecular flexibility index (Phi) is 36.7. The molecular formula is C79H127ClN12O15. The molecule has 2 aliphatic rings. The molecule has 27 nitrogen and oxygen atoms in total. The first kappa shape index (κ1) is 91.6.